The topological polar surface area (TPSA) is 63.3 Å². The average Bonchev–Trinajstić information content (AvgIpc) is 1.95. The van der Waals surface area contributed by atoms with Crippen molar-refractivity contribution in [2.75, 3.05) is 5.73 Å². The van der Waals surface area contributed by atoms with Crippen LogP contribution in [0.2, 0.25) is 0 Å². The van der Waals surface area contributed by atoms with Crippen LogP contribution in [0.25, 0.3) is 0 Å². The first-order chi connectivity index (χ1) is 4.74. The molecule has 60 valence electrons. The number of carbonyl (C=O) groups excluding carboxylic acids is 1. The highest BCUT2D eigenvalue weighted by Gasteiger charge is 1.95. The Morgan fingerprint density at radius 3 is 2.55 bits per heavy atom. The molecule has 3 nitrogen and oxygen atoms in total. The minimum Gasteiger partial charge on any atom is -0.506 e. The van der Waals surface area contributed by atoms with Crippen molar-refractivity contribution >= 4 is 24.4 Å². The van der Waals surface area contributed by atoms with Gasteiger partial charge in [0.2, 0.25) is 0 Å². The van der Waals surface area contributed by atoms with E-state index in [4.69, 9.17) is 10.8 Å². The first-order valence-corrected chi connectivity index (χ1v) is 2.77. The summed E-state index contributed by atoms with van der Waals surface area (Å²) in [7, 11) is 0. The van der Waals surface area contributed by atoms with Crippen molar-refractivity contribution in [3.8, 4) is 5.75 Å². The molecule has 1 rings (SSSR count). The van der Waals surface area contributed by atoms with Crippen LogP contribution in [0.15, 0.2) is 18.2 Å². The normalized spacial score (nSPS) is 8.36. The Kier molecular flexibility index (Phi) is 3.40. The van der Waals surface area contributed by atoms with Gasteiger partial charge in [-0.1, -0.05) is 0 Å². The Morgan fingerprint density at radius 2 is 2.09 bits per heavy atom. The number of aldehydes is 1. The number of halogens is 1. The Hall–Kier alpha value is -1.22. The van der Waals surface area contributed by atoms with E-state index >= 15 is 0 Å². The zero-order chi connectivity index (χ0) is 7.56. The van der Waals surface area contributed by atoms with Gasteiger partial charge in [-0.3, -0.25) is 4.79 Å². The summed E-state index contributed by atoms with van der Waals surface area (Å²) in [5.74, 6) is 0.00519. The number of rotatable bonds is 1. The smallest absolute Gasteiger partial charge is 0.150 e. The minimum absolute atomic E-state index is 0. The van der Waals surface area contributed by atoms with Crippen LogP contribution in [0.3, 0.4) is 0 Å². The first kappa shape index (κ1) is 9.78. The van der Waals surface area contributed by atoms with Crippen LogP contribution in [-0.4, -0.2) is 11.4 Å². The van der Waals surface area contributed by atoms with Gasteiger partial charge in [-0.25, -0.2) is 0 Å². The third-order valence-electron chi connectivity index (χ3n) is 1.19. The van der Waals surface area contributed by atoms with Crippen molar-refractivity contribution in [3.63, 3.8) is 0 Å². The number of nitrogen functional groups attached to an aromatic ring is 1. The van der Waals surface area contributed by atoms with Gasteiger partial charge in [-0.15, -0.1) is 12.4 Å². The largest absolute Gasteiger partial charge is 0.506 e. The molecule has 0 spiro atoms. The molecule has 4 heteroatoms. The molecular formula is C7H8ClNO2. The Morgan fingerprint density at radius 1 is 1.45 bits per heavy atom. The van der Waals surface area contributed by atoms with E-state index in [2.05, 4.69) is 0 Å². The molecule has 0 aliphatic heterocycles. The van der Waals surface area contributed by atoms with E-state index < -0.39 is 0 Å². The standard InChI is InChI=1S/C7H7NO2.ClH/c8-6-3-5(4-9)1-2-7(6)10;/h1-4,10H,8H2;1H. The fraction of sp³-hybridized carbons (Fsp3) is 0. The van der Waals surface area contributed by atoms with Crippen molar-refractivity contribution in [1.29, 1.82) is 0 Å². The molecule has 1 aromatic carbocycles. The van der Waals surface area contributed by atoms with Crippen LogP contribution in [0.5, 0.6) is 5.75 Å². The highest BCUT2D eigenvalue weighted by molar-refractivity contribution is 5.85. The zero-order valence-corrected chi connectivity index (χ0v) is 6.47. The number of hydrogen-bond donors (Lipinski definition) is 2. The van der Waals surface area contributed by atoms with Crippen molar-refractivity contribution in [3.05, 3.63) is 23.8 Å². The zero-order valence-electron chi connectivity index (χ0n) is 5.65. The van der Waals surface area contributed by atoms with Gasteiger partial charge in [0.25, 0.3) is 0 Å². The predicted octanol–water partition coefficient (Wildman–Crippen LogP) is 1.21. The minimum atomic E-state index is 0. The summed E-state index contributed by atoms with van der Waals surface area (Å²) in [5.41, 5.74) is 5.98. The summed E-state index contributed by atoms with van der Waals surface area (Å²) >= 11 is 0. The van der Waals surface area contributed by atoms with Gasteiger partial charge < -0.3 is 10.8 Å². The number of phenolic OH excluding ortho intramolecular Hbond substituents is 1. The molecular weight excluding hydrogens is 166 g/mol. The quantitative estimate of drug-likeness (QED) is 0.381. The number of hydrogen-bond acceptors (Lipinski definition) is 3. The summed E-state index contributed by atoms with van der Waals surface area (Å²) < 4.78 is 0. The second kappa shape index (κ2) is 3.83. The molecule has 0 bridgehead atoms. The lowest BCUT2D eigenvalue weighted by atomic mass is 10.2. The number of aromatic hydroxyl groups is 1. The number of carbonyl (C=O) groups is 1. The summed E-state index contributed by atoms with van der Waals surface area (Å²) in [4.78, 5) is 10.1. The van der Waals surface area contributed by atoms with Gasteiger partial charge >= 0.3 is 0 Å². The molecule has 3 N–H and O–H groups in total. The Balaban J connectivity index is 0.000001000. The van der Waals surface area contributed by atoms with Gasteiger partial charge in [0, 0.05) is 5.56 Å². The van der Waals surface area contributed by atoms with Crippen LogP contribution >= 0.6 is 12.4 Å². The molecule has 0 saturated heterocycles. The molecule has 0 heterocycles. The van der Waals surface area contributed by atoms with E-state index in [-0.39, 0.29) is 23.8 Å². The molecule has 0 unspecified atom stereocenters. The van der Waals surface area contributed by atoms with Crippen LogP contribution < -0.4 is 5.73 Å². The van der Waals surface area contributed by atoms with E-state index in [9.17, 15) is 4.79 Å². The van der Waals surface area contributed by atoms with Gasteiger partial charge in [0.15, 0.2) is 0 Å². The van der Waals surface area contributed by atoms with Crippen molar-refractivity contribution < 1.29 is 9.90 Å². The molecule has 11 heavy (non-hydrogen) atoms. The van der Waals surface area contributed by atoms with E-state index in [0.717, 1.165) is 0 Å². The molecule has 0 aliphatic rings. The summed E-state index contributed by atoms with van der Waals surface area (Å²) in [6.07, 6.45) is 0.676. The summed E-state index contributed by atoms with van der Waals surface area (Å²) in [5, 5.41) is 8.90. The van der Waals surface area contributed by atoms with E-state index in [1.54, 1.807) is 0 Å². The van der Waals surface area contributed by atoms with Crippen molar-refractivity contribution in [2.45, 2.75) is 0 Å². The summed E-state index contributed by atoms with van der Waals surface area (Å²) in [6.45, 7) is 0. The predicted molar refractivity (Wildman–Crippen MR) is 45.2 cm³/mol. The molecule has 0 radical (unpaired) electrons. The van der Waals surface area contributed by atoms with E-state index in [1.807, 2.05) is 0 Å². The lowest BCUT2D eigenvalue weighted by Crippen LogP contribution is -1.87. The molecule has 0 saturated carbocycles. The number of anilines is 1. The molecule has 0 aromatic heterocycles. The molecule has 0 fully saturated rings. The maximum absolute atomic E-state index is 10.1. The van der Waals surface area contributed by atoms with Gasteiger partial charge in [0.1, 0.15) is 12.0 Å². The third-order valence-corrected chi connectivity index (χ3v) is 1.19. The number of benzene rings is 1. The highest BCUT2D eigenvalue weighted by Crippen LogP contribution is 2.18. The van der Waals surface area contributed by atoms with Crippen molar-refractivity contribution in [2.24, 2.45) is 0 Å². The van der Waals surface area contributed by atoms with Gasteiger partial charge in [0.05, 0.1) is 5.69 Å². The monoisotopic (exact) mass is 173 g/mol. The molecule has 1 aromatic rings. The average molecular weight is 174 g/mol. The Bertz CT molecular complexity index is 263. The highest BCUT2D eigenvalue weighted by atomic mass is 35.5. The summed E-state index contributed by atoms with van der Waals surface area (Å²) in [6, 6.07) is 4.31. The lowest BCUT2D eigenvalue weighted by Gasteiger charge is -1.96. The van der Waals surface area contributed by atoms with E-state index in [0.29, 0.717) is 11.8 Å². The maximum Gasteiger partial charge on any atom is 0.150 e. The van der Waals surface area contributed by atoms with Crippen LogP contribution in [0.4, 0.5) is 5.69 Å². The van der Waals surface area contributed by atoms with Crippen LogP contribution in [0, 0.1) is 0 Å². The lowest BCUT2D eigenvalue weighted by molar-refractivity contribution is 0.112. The fourth-order valence-electron chi connectivity index (χ4n) is 0.646. The second-order valence-corrected chi connectivity index (χ2v) is 1.94. The molecule has 0 amide bonds. The van der Waals surface area contributed by atoms with E-state index in [1.165, 1.54) is 18.2 Å². The first-order valence-electron chi connectivity index (χ1n) is 2.77. The van der Waals surface area contributed by atoms with Gasteiger partial charge in [-0.2, -0.15) is 0 Å². The van der Waals surface area contributed by atoms with Crippen molar-refractivity contribution in [1.82, 2.24) is 0 Å². The maximum atomic E-state index is 10.1. The van der Waals surface area contributed by atoms with Crippen LogP contribution in [0.1, 0.15) is 10.4 Å². The molecule has 0 aliphatic carbocycles. The Labute approximate surface area is 70.2 Å². The number of phenols is 1. The SMILES string of the molecule is Cl.Nc1cc(C=O)ccc1O. The fourth-order valence-corrected chi connectivity index (χ4v) is 0.646. The third kappa shape index (κ3) is 2.13. The van der Waals surface area contributed by atoms with Crippen LogP contribution in [-0.2, 0) is 0 Å². The second-order valence-electron chi connectivity index (χ2n) is 1.94. The number of nitrogens with two attached hydrogens (primary N) is 1. The van der Waals surface area contributed by atoms with Gasteiger partial charge in [-0.05, 0) is 18.2 Å². The molecule has 0 atom stereocenters.